The fraction of sp³-hybridized carbons (Fsp3) is 0.444. The van der Waals surface area contributed by atoms with Crippen LogP contribution < -0.4 is 0 Å². The number of hydrogen-bond donors (Lipinski definition) is 0. The molecule has 0 unspecified atom stereocenters. The Bertz CT molecular complexity index is 694. The molecule has 0 atom stereocenters. The van der Waals surface area contributed by atoms with Gasteiger partial charge >= 0.3 is 0 Å². The van der Waals surface area contributed by atoms with Crippen molar-refractivity contribution in [1.29, 1.82) is 0 Å². The molecule has 2 aromatic rings. The second-order valence-corrected chi connectivity index (χ2v) is 7.74. The number of benzene rings is 1. The van der Waals surface area contributed by atoms with Crippen molar-refractivity contribution in [1.82, 2.24) is 9.88 Å². The second-order valence-electron chi connectivity index (χ2n) is 6.47. The molecule has 0 radical (unpaired) electrons. The van der Waals surface area contributed by atoms with Crippen LogP contribution in [0, 0.1) is 5.92 Å². The highest BCUT2D eigenvalue weighted by Crippen LogP contribution is 2.31. The van der Waals surface area contributed by atoms with Crippen molar-refractivity contribution in [3.05, 3.63) is 40.4 Å². The Morgan fingerprint density at radius 3 is 2.78 bits per heavy atom. The fourth-order valence-electron chi connectivity index (χ4n) is 2.64. The Morgan fingerprint density at radius 1 is 1.39 bits per heavy atom. The molecule has 0 bridgehead atoms. The first-order valence-electron chi connectivity index (χ1n) is 8.03. The number of carbonyl (C=O) groups is 1. The van der Waals surface area contributed by atoms with Crippen molar-refractivity contribution in [2.45, 2.75) is 39.2 Å². The normalized spacial score (nSPS) is 14.3. The Hall–Kier alpha value is -1.39. The van der Waals surface area contributed by atoms with Crippen LogP contribution in [0.1, 0.15) is 32.4 Å². The minimum Gasteiger partial charge on any atom is -0.339 e. The van der Waals surface area contributed by atoms with Gasteiger partial charge in [0.05, 0.1) is 17.1 Å². The predicted molar refractivity (Wildman–Crippen MR) is 95.8 cm³/mol. The Labute approximate surface area is 146 Å². The molecule has 0 aliphatic heterocycles. The highest BCUT2D eigenvalue weighted by molar-refractivity contribution is 7.13. The van der Waals surface area contributed by atoms with Crippen molar-refractivity contribution >= 4 is 28.8 Å². The lowest BCUT2D eigenvalue weighted by Gasteiger charge is -2.24. The molecule has 1 aliphatic carbocycles. The third kappa shape index (κ3) is 4.12. The van der Waals surface area contributed by atoms with Gasteiger partial charge in [0.2, 0.25) is 5.91 Å². The quantitative estimate of drug-likeness (QED) is 0.761. The van der Waals surface area contributed by atoms with Crippen molar-refractivity contribution in [3.63, 3.8) is 0 Å². The van der Waals surface area contributed by atoms with Gasteiger partial charge in [0.1, 0.15) is 5.01 Å². The van der Waals surface area contributed by atoms with Crippen LogP contribution in [0.15, 0.2) is 29.6 Å². The number of rotatable bonds is 6. The van der Waals surface area contributed by atoms with E-state index in [0.717, 1.165) is 35.7 Å². The number of amides is 1. The summed E-state index contributed by atoms with van der Waals surface area (Å²) in [7, 11) is 0. The monoisotopic (exact) mass is 348 g/mol. The molecule has 5 heteroatoms. The predicted octanol–water partition coefficient (Wildman–Crippen LogP) is 4.65. The summed E-state index contributed by atoms with van der Waals surface area (Å²) < 4.78 is 0. The maximum atomic E-state index is 12.6. The summed E-state index contributed by atoms with van der Waals surface area (Å²) in [5.74, 6) is 0.686. The van der Waals surface area contributed by atoms with E-state index in [4.69, 9.17) is 11.6 Å². The average molecular weight is 349 g/mol. The van der Waals surface area contributed by atoms with Gasteiger partial charge in [0.15, 0.2) is 0 Å². The van der Waals surface area contributed by atoms with E-state index in [0.29, 0.717) is 23.4 Å². The van der Waals surface area contributed by atoms with E-state index >= 15 is 0 Å². The van der Waals surface area contributed by atoms with Gasteiger partial charge in [0.25, 0.3) is 0 Å². The molecule has 3 rings (SSSR count). The van der Waals surface area contributed by atoms with E-state index in [1.54, 1.807) is 11.3 Å². The van der Waals surface area contributed by atoms with Crippen LogP contribution in [-0.4, -0.2) is 28.4 Å². The second kappa shape index (κ2) is 7.02. The number of halogens is 1. The number of nitrogens with zero attached hydrogens (tertiary/aromatic N) is 2. The maximum absolute atomic E-state index is 12.6. The zero-order valence-corrected chi connectivity index (χ0v) is 15.0. The van der Waals surface area contributed by atoms with Crippen LogP contribution >= 0.6 is 22.9 Å². The van der Waals surface area contributed by atoms with Gasteiger partial charge in [-0.05, 0) is 24.8 Å². The summed E-state index contributed by atoms with van der Waals surface area (Å²) in [5.41, 5.74) is 1.77. The van der Waals surface area contributed by atoms with Crippen LogP contribution in [0.4, 0.5) is 0 Å². The first-order valence-corrected chi connectivity index (χ1v) is 9.29. The van der Waals surface area contributed by atoms with Crippen LogP contribution in [-0.2, 0) is 11.2 Å². The van der Waals surface area contributed by atoms with E-state index < -0.39 is 0 Å². The summed E-state index contributed by atoms with van der Waals surface area (Å²) in [4.78, 5) is 19.3. The van der Waals surface area contributed by atoms with Gasteiger partial charge in [-0.1, -0.05) is 43.6 Å². The third-order valence-electron chi connectivity index (χ3n) is 3.86. The average Bonchev–Trinajstić information content (AvgIpc) is 3.25. The minimum atomic E-state index is 0.192. The summed E-state index contributed by atoms with van der Waals surface area (Å²) in [6.07, 6.45) is 2.66. The summed E-state index contributed by atoms with van der Waals surface area (Å²) in [5, 5.41) is 3.54. The zero-order valence-electron chi connectivity index (χ0n) is 13.5. The van der Waals surface area contributed by atoms with Crippen LogP contribution in [0.5, 0.6) is 0 Å². The lowest BCUT2D eigenvalue weighted by molar-refractivity contribution is -0.131. The highest BCUT2D eigenvalue weighted by atomic mass is 35.5. The Morgan fingerprint density at radius 2 is 2.13 bits per heavy atom. The van der Waals surface area contributed by atoms with Gasteiger partial charge in [0, 0.05) is 23.5 Å². The zero-order chi connectivity index (χ0) is 16.4. The van der Waals surface area contributed by atoms with E-state index in [2.05, 4.69) is 18.8 Å². The minimum absolute atomic E-state index is 0.192. The van der Waals surface area contributed by atoms with Crippen LogP contribution in [0.3, 0.4) is 0 Å². The van der Waals surface area contributed by atoms with Crippen LogP contribution in [0.2, 0.25) is 5.02 Å². The molecule has 0 spiro atoms. The number of carbonyl (C=O) groups excluding carboxylic acids is 1. The highest BCUT2D eigenvalue weighted by Gasteiger charge is 2.32. The number of hydrogen-bond acceptors (Lipinski definition) is 3. The summed E-state index contributed by atoms with van der Waals surface area (Å²) >= 11 is 7.76. The van der Waals surface area contributed by atoms with E-state index in [1.807, 2.05) is 34.5 Å². The number of thiazole rings is 1. The summed E-state index contributed by atoms with van der Waals surface area (Å²) in [6, 6.07) is 8.13. The van der Waals surface area contributed by atoms with Gasteiger partial charge in [-0.3, -0.25) is 4.79 Å². The third-order valence-corrected chi connectivity index (χ3v) is 5.11. The topological polar surface area (TPSA) is 33.2 Å². The van der Waals surface area contributed by atoms with E-state index in [-0.39, 0.29) is 5.91 Å². The molecular weight excluding hydrogens is 328 g/mol. The van der Waals surface area contributed by atoms with E-state index in [1.165, 1.54) is 0 Å². The molecule has 1 aromatic heterocycles. The molecule has 1 saturated carbocycles. The SMILES string of the molecule is CC(C)CN(C(=O)Cc1csc(-c2ccccc2Cl)n1)C1CC1. The largest absolute Gasteiger partial charge is 0.339 e. The van der Waals surface area contributed by atoms with Crippen molar-refractivity contribution in [3.8, 4) is 10.6 Å². The maximum Gasteiger partial charge on any atom is 0.228 e. The van der Waals surface area contributed by atoms with Gasteiger partial charge in [-0.15, -0.1) is 11.3 Å². The fourth-order valence-corrected chi connectivity index (χ4v) is 3.78. The molecule has 23 heavy (non-hydrogen) atoms. The molecule has 1 heterocycles. The molecule has 122 valence electrons. The molecule has 3 nitrogen and oxygen atoms in total. The smallest absolute Gasteiger partial charge is 0.228 e. The molecule has 1 amide bonds. The molecule has 1 aliphatic rings. The lowest BCUT2D eigenvalue weighted by atomic mass is 10.2. The number of aromatic nitrogens is 1. The Kier molecular flexibility index (Phi) is 5.02. The van der Waals surface area contributed by atoms with Gasteiger partial charge in [-0.25, -0.2) is 4.98 Å². The standard InChI is InChI=1S/C18H21ClN2OS/c1-12(2)10-21(14-7-8-14)17(22)9-13-11-23-18(20-13)15-5-3-4-6-16(15)19/h3-6,11-12,14H,7-10H2,1-2H3. The lowest BCUT2D eigenvalue weighted by Crippen LogP contribution is -2.37. The van der Waals surface area contributed by atoms with E-state index in [9.17, 15) is 4.79 Å². The van der Waals surface area contributed by atoms with Gasteiger partial charge < -0.3 is 4.90 Å². The molecule has 0 saturated heterocycles. The van der Waals surface area contributed by atoms with Gasteiger partial charge in [-0.2, -0.15) is 0 Å². The van der Waals surface area contributed by atoms with Crippen molar-refractivity contribution in [2.75, 3.05) is 6.54 Å². The Balaban J connectivity index is 1.71. The van der Waals surface area contributed by atoms with Crippen molar-refractivity contribution in [2.24, 2.45) is 5.92 Å². The molecule has 1 aromatic carbocycles. The molecule has 1 fully saturated rings. The molecular formula is C18H21ClN2OS. The summed E-state index contributed by atoms with van der Waals surface area (Å²) in [6.45, 7) is 5.15. The first kappa shape index (κ1) is 16.5. The van der Waals surface area contributed by atoms with Crippen molar-refractivity contribution < 1.29 is 4.79 Å². The molecule has 0 N–H and O–H groups in total. The van der Waals surface area contributed by atoms with Crippen LogP contribution in [0.25, 0.3) is 10.6 Å². The first-order chi connectivity index (χ1) is 11.0.